The molecule has 0 radical (unpaired) electrons. The minimum absolute atomic E-state index is 0.0714. The molecule has 4 nitrogen and oxygen atoms in total. The Bertz CT molecular complexity index is 566. The molecule has 1 aromatic heterocycles. The van der Waals surface area contributed by atoms with Gasteiger partial charge in [0.05, 0.1) is 13.3 Å². The van der Waals surface area contributed by atoms with E-state index in [4.69, 9.17) is 4.74 Å². The lowest BCUT2D eigenvalue weighted by molar-refractivity contribution is 0.199. The number of hydrogen-bond acceptors (Lipinski definition) is 3. The van der Waals surface area contributed by atoms with Gasteiger partial charge in [0.25, 0.3) is 0 Å². The third kappa shape index (κ3) is 2.61. The van der Waals surface area contributed by atoms with Gasteiger partial charge in [0.2, 0.25) is 0 Å². The zero-order chi connectivity index (χ0) is 14.0. The van der Waals surface area contributed by atoms with Gasteiger partial charge in [-0.25, -0.2) is 4.39 Å². The molecule has 1 N–H and O–H groups in total. The van der Waals surface area contributed by atoms with E-state index in [1.807, 2.05) is 13.8 Å². The van der Waals surface area contributed by atoms with Gasteiger partial charge < -0.3 is 9.84 Å². The lowest BCUT2D eigenvalue weighted by atomic mass is 10.1. The molecule has 102 valence electrons. The SMILES string of the molecule is COc1cnn(C(C)C)c1C(O)c1cccc(F)c1. The maximum atomic E-state index is 13.2. The van der Waals surface area contributed by atoms with Gasteiger partial charge in [0.15, 0.2) is 5.75 Å². The second-order valence-corrected chi connectivity index (χ2v) is 4.59. The second-order valence-electron chi connectivity index (χ2n) is 4.59. The van der Waals surface area contributed by atoms with Crippen LogP contribution in [0.25, 0.3) is 0 Å². The predicted molar refractivity (Wildman–Crippen MR) is 69.6 cm³/mol. The molecular weight excluding hydrogens is 247 g/mol. The Morgan fingerprint density at radius 1 is 1.37 bits per heavy atom. The number of halogens is 1. The van der Waals surface area contributed by atoms with Crippen LogP contribution in [0.5, 0.6) is 5.75 Å². The molecule has 0 aliphatic rings. The summed E-state index contributed by atoms with van der Waals surface area (Å²) in [5.41, 5.74) is 1.00. The van der Waals surface area contributed by atoms with Crippen LogP contribution in [0.2, 0.25) is 0 Å². The zero-order valence-electron chi connectivity index (χ0n) is 11.2. The summed E-state index contributed by atoms with van der Waals surface area (Å²) in [6.45, 7) is 3.91. The Morgan fingerprint density at radius 3 is 2.68 bits per heavy atom. The molecule has 1 atom stereocenters. The van der Waals surface area contributed by atoms with Crippen molar-refractivity contribution in [3.8, 4) is 5.75 Å². The van der Waals surface area contributed by atoms with Crippen molar-refractivity contribution in [2.75, 3.05) is 7.11 Å². The molecule has 0 saturated heterocycles. The first-order valence-electron chi connectivity index (χ1n) is 6.09. The summed E-state index contributed by atoms with van der Waals surface area (Å²) in [7, 11) is 1.52. The van der Waals surface area contributed by atoms with E-state index in [0.29, 0.717) is 17.0 Å². The average Bonchev–Trinajstić information content (AvgIpc) is 2.81. The van der Waals surface area contributed by atoms with Crippen LogP contribution in [0.15, 0.2) is 30.5 Å². The van der Waals surface area contributed by atoms with Gasteiger partial charge in [-0.3, -0.25) is 4.68 Å². The van der Waals surface area contributed by atoms with Crippen LogP contribution in [-0.2, 0) is 0 Å². The Morgan fingerprint density at radius 2 is 2.11 bits per heavy atom. The number of rotatable bonds is 4. The molecule has 0 aliphatic heterocycles. The maximum absolute atomic E-state index is 13.2. The van der Waals surface area contributed by atoms with Crippen LogP contribution in [-0.4, -0.2) is 22.0 Å². The van der Waals surface area contributed by atoms with E-state index in [2.05, 4.69) is 5.10 Å². The molecule has 0 saturated carbocycles. The smallest absolute Gasteiger partial charge is 0.163 e. The van der Waals surface area contributed by atoms with Gasteiger partial charge in [0, 0.05) is 6.04 Å². The molecule has 19 heavy (non-hydrogen) atoms. The summed E-state index contributed by atoms with van der Waals surface area (Å²) < 4.78 is 20.1. The quantitative estimate of drug-likeness (QED) is 0.923. The van der Waals surface area contributed by atoms with E-state index in [0.717, 1.165) is 0 Å². The molecular formula is C14H17FN2O2. The first-order valence-corrected chi connectivity index (χ1v) is 6.09. The van der Waals surface area contributed by atoms with E-state index >= 15 is 0 Å². The van der Waals surface area contributed by atoms with Crippen molar-refractivity contribution in [2.45, 2.75) is 26.0 Å². The number of aromatic nitrogens is 2. The Balaban J connectivity index is 2.48. The van der Waals surface area contributed by atoms with Crippen molar-refractivity contribution >= 4 is 0 Å². The Kier molecular flexibility index (Phi) is 3.85. The monoisotopic (exact) mass is 264 g/mol. The van der Waals surface area contributed by atoms with Crippen LogP contribution < -0.4 is 4.74 Å². The molecule has 0 amide bonds. The Labute approximate surface area is 111 Å². The maximum Gasteiger partial charge on any atom is 0.163 e. The molecule has 1 heterocycles. The van der Waals surface area contributed by atoms with Crippen molar-refractivity contribution in [1.29, 1.82) is 0 Å². The van der Waals surface area contributed by atoms with Crippen molar-refractivity contribution in [3.05, 3.63) is 47.5 Å². The second kappa shape index (κ2) is 5.40. The van der Waals surface area contributed by atoms with Crippen LogP contribution in [0.4, 0.5) is 4.39 Å². The summed E-state index contributed by atoms with van der Waals surface area (Å²) in [6, 6.07) is 5.96. The van der Waals surface area contributed by atoms with Gasteiger partial charge in [-0.05, 0) is 31.5 Å². The number of aliphatic hydroxyl groups excluding tert-OH is 1. The van der Waals surface area contributed by atoms with E-state index in [1.54, 1.807) is 23.0 Å². The summed E-state index contributed by atoms with van der Waals surface area (Å²) in [5, 5.41) is 14.6. The number of nitrogens with zero attached hydrogens (tertiary/aromatic N) is 2. The number of methoxy groups -OCH3 is 1. The van der Waals surface area contributed by atoms with Crippen molar-refractivity contribution < 1.29 is 14.2 Å². The third-order valence-corrected chi connectivity index (χ3v) is 2.93. The lowest BCUT2D eigenvalue weighted by Crippen LogP contribution is -2.13. The summed E-state index contributed by atoms with van der Waals surface area (Å²) in [6.07, 6.45) is 0.577. The van der Waals surface area contributed by atoms with Crippen molar-refractivity contribution in [2.24, 2.45) is 0 Å². The Hall–Kier alpha value is -1.88. The first-order chi connectivity index (χ1) is 9.04. The van der Waals surface area contributed by atoms with Crippen molar-refractivity contribution in [1.82, 2.24) is 9.78 Å². The normalized spacial score (nSPS) is 12.7. The van der Waals surface area contributed by atoms with E-state index in [-0.39, 0.29) is 11.9 Å². The molecule has 0 fully saturated rings. The summed E-state index contributed by atoms with van der Waals surface area (Å²) in [5.74, 6) is 0.108. The summed E-state index contributed by atoms with van der Waals surface area (Å²) >= 11 is 0. The molecule has 0 bridgehead atoms. The van der Waals surface area contributed by atoms with Crippen molar-refractivity contribution in [3.63, 3.8) is 0 Å². The molecule has 5 heteroatoms. The zero-order valence-corrected chi connectivity index (χ0v) is 11.2. The fraction of sp³-hybridized carbons (Fsp3) is 0.357. The minimum Gasteiger partial charge on any atom is -0.493 e. The predicted octanol–water partition coefficient (Wildman–Crippen LogP) is 2.69. The van der Waals surface area contributed by atoms with Gasteiger partial charge in [-0.2, -0.15) is 5.10 Å². The van der Waals surface area contributed by atoms with E-state index < -0.39 is 6.10 Å². The standard InChI is InChI=1S/C14H17FN2O2/c1-9(2)17-13(12(19-3)8-16-17)14(18)10-5-4-6-11(15)7-10/h4-9,14,18H,1-3H3. The minimum atomic E-state index is -0.976. The third-order valence-electron chi connectivity index (χ3n) is 2.93. The molecule has 1 unspecified atom stereocenters. The molecule has 0 aliphatic carbocycles. The fourth-order valence-electron chi connectivity index (χ4n) is 2.02. The van der Waals surface area contributed by atoms with E-state index in [9.17, 15) is 9.50 Å². The van der Waals surface area contributed by atoms with Crippen LogP contribution >= 0.6 is 0 Å². The number of aliphatic hydroxyl groups is 1. The number of hydrogen-bond donors (Lipinski definition) is 1. The highest BCUT2D eigenvalue weighted by Crippen LogP contribution is 2.31. The fourth-order valence-corrected chi connectivity index (χ4v) is 2.02. The topological polar surface area (TPSA) is 47.3 Å². The largest absolute Gasteiger partial charge is 0.493 e. The van der Waals surface area contributed by atoms with Gasteiger partial charge >= 0.3 is 0 Å². The van der Waals surface area contributed by atoms with Crippen LogP contribution in [0.3, 0.4) is 0 Å². The molecule has 0 spiro atoms. The molecule has 1 aromatic carbocycles. The van der Waals surface area contributed by atoms with Gasteiger partial charge in [0.1, 0.15) is 17.6 Å². The molecule has 2 rings (SSSR count). The highest BCUT2D eigenvalue weighted by molar-refractivity contribution is 5.35. The van der Waals surface area contributed by atoms with Crippen LogP contribution in [0, 0.1) is 5.82 Å². The number of ether oxygens (including phenoxy) is 1. The average molecular weight is 264 g/mol. The highest BCUT2D eigenvalue weighted by atomic mass is 19.1. The summed E-state index contributed by atoms with van der Waals surface area (Å²) in [4.78, 5) is 0. The number of benzene rings is 1. The van der Waals surface area contributed by atoms with Gasteiger partial charge in [-0.15, -0.1) is 0 Å². The first kappa shape index (κ1) is 13.5. The molecule has 2 aromatic rings. The van der Waals surface area contributed by atoms with Gasteiger partial charge in [-0.1, -0.05) is 12.1 Å². The lowest BCUT2D eigenvalue weighted by Gasteiger charge is -2.17. The van der Waals surface area contributed by atoms with Crippen LogP contribution in [0.1, 0.15) is 37.3 Å². The van der Waals surface area contributed by atoms with E-state index in [1.165, 1.54) is 19.2 Å². The highest BCUT2D eigenvalue weighted by Gasteiger charge is 2.23.